The highest BCUT2D eigenvalue weighted by Crippen LogP contribution is 2.28. The molecule has 1 heterocycles. The van der Waals surface area contributed by atoms with Crippen molar-refractivity contribution in [1.82, 2.24) is 9.55 Å². The number of nitrogens with zero attached hydrogens (tertiary/aromatic N) is 2. The molecule has 0 aliphatic heterocycles. The third kappa shape index (κ3) is 4.08. The summed E-state index contributed by atoms with van der Waals surface area (Å²) < 4.78 is 1.34. The van der Waals surface area contributed by atoms with Crippen LogP contribution in [0.15, 0.2) is 71.5 Å². The average Bonchev–Trinajstić information content (AvgIpc) is 2.73. The third-order valence-electron chi connectivity index (χ3n) is 4.77. The number of rotatable bonds is 4. The van der Waals surface area contributed by atoms with Crippen LogP contribution >= 0.6 is 23.2 Å². The number of fused-ring (bicyclic) bond motifs is 1. The molecule has 0 aliphatic carbocycles. The Morgan fingerprint density at radius 2 is 1.70 bits per heavy atom. The lowest BCUT2D eigenvalue weighted by molar-refractivity contribution is -0.116. The Bertz CT molecular complexity index is 1320. The number of nitrogens with one attached hydrogen (secondary N) is 1. The fourth-order valence-electron chi connectivity index (χ4n) is 3.28. The predicted octanol–water partition coefficient (Wildman–Crippen LogP) is 5.32. The quantitative estimate of drug-likeness (QED) is 0.469. The molecule has 0 saturated heterocycles. The smallest absolute Gasteiger partial charge is 0.324 e. The molecule has 7 heteroatoms. The number of benzene rings is 3. The normalized spacial score (nSPS) is 10.9. The van der Waals surface area contributed by atoms with Gasteiger partial charge in [0.1, 0.15) is 6.54 Å². The number of carbonyl (C=O) groups is 1. The van der Waals surface area contributed by atoms with Crippen molar-refractivity contribution >= 4 is 45.7 Å². The van der Waals surface area contributed by atoms with E-state index in [9.17, 15) is 9.59 Å². The molecule has 0 aliphatic rings. The van der Waals surface area contributed by atoms with E-state index < -0.39 is 5.69 Å². The Balaban J connectivity index is 1.76. The fraction of sp³-hybridized carbons (Fsp3) is 0.0870. The summed E-state index contributed by atoms with van der Waals surface area (Å²) in [4.78, 5) is 29.8. The second kappa shape index (κ2) is 8.30. The number of anilines is 1. The maximum Gasteiger partial charge on any atom is 0.349 e. The van der Waals surface area contributed by atoms with E-state index in [0.717, 1.165) is 11.1 Å². The molecule has 0 saturated carbocycles. The third-order valence-corrected chi connectivity index (χ3v) is 5.24. The zero-order valence-corrected chi connectivity index (χ0v) is 17.5. The number of hydrogen-bond acceptors (Lipinski definition) is 3. The molecule has 30 heavy (non-hydrogen) atoms. The molecule has 0 atom stereocenters. The van der Waals surface area contributed by atoms with Crippen molar-refractivity contribution in [2.75, 3.05) is 5.32 Å². The Morgan fingerprint density at radius 3 is 2.47 bits per heavy atom. The van der Waals surface area contributed by atoms with Crippen molar-refractivity contribution in [3.05, 3.63) is 92.8 Å². The van der Waals surface area contributed by atoms with Gasteiger partial charge < -0.3 is 5.32 Å². The van der Waals surface area contributed by atoms with Crippen molar-refractivity contribution in [3.63, 3.8) is 0 Å². The van der Waals surface area contributed by atoms with Gasteiger partial charge in [0, 0.05) is 26.7 Å². The zero-order chi connectivity index (χ0) is 21.3. The summed E-state index contributed by atoms with van der Waals surface area (Å²) in [7, 11) is 0. The van der Waals surface area contributed by atoms with Crippen LogP contribution in [0, 0.1) is 6.92 Å². The van der Waals surface area contributed by atoms with Crippen molar-refractivity contribution in [2.24, 2.45) is 0 Å². The van der Waals surface area contributed by atoms with Gasteiger partial charge in [0.2, 0.25) is 5.91 Å². The number of aromatic nitrogens is 2. The molecule has 150 valence electrons. The molecule has 0 radical (unpaired) electrons. The molecule has 5 nitrogen and oxygen atoms in total. The van der Waals surface area contributed by atoms with Crippen LogP contribution in [0.2, 0.25) is 10.0 Å². The Labute approximate surface area is 182 Å². The fourth-order valence-corrected chi connectivity index (χ4v) is 3.63. The van der Waals surface area contributed by atoms with Gasteiger partial charge in [-0.25, -0.2) is 4.79 Å². The predicted molar refractivity (Wildman–Crippen MR) is 121 cm³/mol. The largest absolute Gasteiger partial charge is 0.349 e. The Hall–Kier alpha value is -3.15. The monoisotopic (exact) mass is 437 g/mol. The van der Waals surface area contributed by atoms with E-state index in [0.29, 0.717) is 32.3 Å². The van der Waals surface area contributed by atoms with Gasteiger partial charge in [0.25, 0.3) is 0 Å². The van der Waals surface area contributed by atoms with E-state index in [4.69, 9.17) is 23.2 Å². The summed E-state index contributed by atoms with van der Waals surface area (Å²) >= 11 is 12.2. The van der Waals surface area contributed by atoms with Crippen LogP contribution in [0.3, 0.4) is 0 Å². The highest BCUT2D eigenvalue weighted by molar-refractivity contribution is 6.31. The van der Waals surface area contributed by atoms with Crippen LogP contribution < -0.4 is 11.0 Å². The van der Waals surface area contributed by atoms with Crippen LogP contribution in [0.1, 0.15) is 5.56 Å². The first-order valence-corrected chi connectivity index (χ1v) is 9.99. The maximum atomic E-state index is 12.8. The topological polar surface area (TPSA) is 64.0 Å². The van der Waals surface area contributed by atoms with Gasteiger partial charge in [0.05, 0.1) is 11.2 Å². The molecule has 0 fully saturated rings. The lowest BCUT2D eigenvalue weighted by atomic mass is 10.1. The second-order valence-corrected chi connectivity index (χ2v) is 7.74. The molecule has 1 N–H and O–H groups in total. The summed E-state index contributed by atoms with van der Waals surface area (Å²) in [6.45, 7) is 1.68. The van der Waals surface area contributed by atoms with E-state index in [1.807, 2.05) is 43.3 Å². The highest BCUT2D eigenvalue weighted by Gasteiger charge is 2.15. The van der Waals surface area contributed by atoms with Crippen molar-refractivity contribution in [1.29, 1.82) is 0 Å². The lowest BCUT2D eigenvalue weighted by Gasteiger charge is -2.14. The Kier molecular flexibility index (Phi) is 5.57. The van der Waals surface area contributed by atoms with Crippen LogP contribution in [-0.4, -0.2) is 15.5 Å². The summed E-state index contributed by atoms with van der Waals surface area (Å²) in [6.07, 6.45) is 0. The maximum absolute atomic E-state index is 12.8. The van der Waals surface area contributed by atoms with Gasteiger partial charge in [-0.15, -0.1) is 0 Å². The molecule has 4 aromatic rings. The van der Waals surface area contributed by atoms with Crippen LogP contribution in [0.5, 0.6) is 0 Å². The highest BCUT2D eigenvalue weighted by atomic mass is 35.5. The standard InChI is InChI=1S/C23H17Cl2N3O2/c1-14-7-8-17(25)12-19(14)26-21(29)13-28-20-10-9-16(24)11-18(20)22(27-23(28)30)15-5-3-2-4-6-15/h2-12H,13H2,1H3,(H,26,29). The van der Waals surface area contributed by atoms with Gasteiger partial charge >= 0.3 is 5.69 Å². The van der Waals surface area contributed by atoms with Crippen LogP contribution in [-0.2, 0) is 11.3 Å². The minimum absolute atomic E-state index is 0.189. The SMILES string of the molecule is Cc1ccc(Cl)cc1NC(=O)Cn1c(=O)nc(-c2ccccc2)c2cc(Cl)ccc21. The molecule has 3 aromatic carbocycles. The molecule has 0 unspecified atom stereocenters. The lowest BCUT2D eigenvalue weighted by Crippen LogP contribution is -2.30. The summed E-state index contributed by atoms with van der Waals surface area (Å²) in [5.41, 5.74) is 2.86. The summed E-state index contributed by atoms with van der Waals surface area (Å²) in [5.74, 6) is -0.354. The number of hydrogen-bond donors (Lipinski definition) is 1. The van der Waals surface area contributed by atoms with E-state index >= 15 is 0 Å². The van der Waals surface area contributed by atoms with E-state index in [2.05, 4.69) is 10.3 Å². The second-order valence-electron chi connectivity index (χ2n) is 6.86. The molecule has 1 amide bonds. The molecule has 0 bridgehead atoms. The van der Waals surface area contributed by atoms with Gasteiger partial charge in [-0.1, -0.05) is 59.6 Å². The first-order chi connectivity index (χ1) is 14.4. The zero-order valence-electron chi connectivity index (χ0n) is 16.0. The minimum Gasteiger partial charge on any atom is -0.324 e. The number of halogens is 2. The van der Waals surface area contributed by atoms with Crippen molar-refractivity contribution in [3.8, 4) is 11.3 Å². The minimum atomic E-state index is -0.512. The molecule has 4 rings (SSSR count). The van der Waals surface area contributed by atoms with Gasteiger partial charge in [0.15, 0.2) is 0 Å². The first kappa shape index (κ1) is 20.1. The number of aryl methyl sites for hydroxylation is 1. The molecule has 1 aromatic heterocycles. The van der Waals surface area contributed by atoms with Crippen LogP contribution in [0.25, 0.3) is 22.2 Å². The van der Waals surface area contributed by atoms with Crippen molar-refractivity contribution in [2.45, 2.75) is 13.5 Å². The summed E-state index contributed by atoms with van der Waals surface area (Å²) in [5, 5.41) is 4.54. The average molecular weight is 438 g/mol. The molecule has 0 spiro atoms. The molecular weight excluding hydrogens is 421 g/mol. The van der Waals surface area contributed by atoms with Gasteiger partial charge in [-0.3, -0.25) is 9.36 Å². The Morgan fingerprint density at radius 1 is 1.00 bits per heavy atom. The van der Waals surface area contributed by atoms with Crippen LogP contribution in [0.4, 0.5) is 5.69 Å². The molecular formula is C23H17Cl2N3O2. The van der Waals surface area contributed by atoms with Crippen molar-refractivity contribution < 1.29 is 4.79 Å². The van der Waals surface area contributed by atoms with Gasteiger partial charge in [-0.2, -0.15) is 4.98 Å². The van der Waals surface area contributed by atoms with Gasteiger partial charge in [-0.05, 0) is 42.8 Å². The van der Waals surface area contributed by atoms with E-state index in [1.54, 1.807) is 30.3 Å². The summed E-state index contributed by atoms with van der Waals surface area (Å²) in [6, 6.07) is 19.8. The van der Waals surface area contributed by atoms with E-state index in [-0.39, 0.29) is 12.5 Å². The number of carbonyl (C=O) groups excluding carboxylic acids is 1. The number of amides is 1. The van der Waals surface area contributed by atoms with E-state index in [1.165, 1.54) is 4.57 Å². The first-order valence-electron chi connectivity index (χ1n) is 9.24.